The largest absolute Gasteiger partial charge is 0.377 e. The summed E-state index contributed by atoms with van der Waals surface area (Å²) in [6.07, 6.45) is 20.9. The summed E-state index contributed by atoms with van der Waals surface area (Å²) in [6.45, 7) is 7.82. The Kier molecular flexibility index (Phi) is 8.71. The van der Waals surface area contributed by atoms with Gasteiger partial charge in [-0.25, -0.2) is 0 Å². The van der Waals surface area contributed by atoms with E-state index < -0.39 is 0 Å². The SMILES string of the molecule is C=C[C@H]1CC[C@H]([C@H]2CC[C@H]([C@H]3CC[C@H](c4ccc(COCCC)cc4)CC3)CC2)CC1. The maximum Gasteiger partial charge on any atom is 0.0716 e. The van der Waals surface area contributed by atoms with Crippen molar-refractivity contribution in [1.29, 1.82) is 0 Å². The summed E-state index contributed by atoms with van der Waals surface area (Å²) in [5.41, 5.74) is 2.89. The normalized spacial score (nSPS) is 34.4. The van der Waals surface area contributed by atoms with Gasteiger partial charge in [-0.3, -0.25) is 0 Å². The van der Waals surface area contributed by atoms with E-state index in [2.05, 4.69) is 43.8 Å². The molecule has 0 aliphatic heterocycles. The zero-order valence-corrected chi connectivity index (χ0v) is 20.1. The van der Waals surface area contributed by atoms with Crippen LogP contribution in [0.2, 0.25) is 0 Å². The summed E-state index contributed by atoms with van der Waals surface area (Å²) < 4.78 is 5.69. The van der Waals surface area contributed by atoms with Crippen molar-refractivity contribution in [3.8, 4) is 0 Å². The van der Waals surface area contributed by atoms with Gasteiger partial charge in [0.15, 0.2) is 0 Å². The molecule has 3 aliphatic carbocycles. The predicted molar refractivity (Wildman–Crippen MR) is 132 cm³/mol. The molecule has 0 N–H and O–H groups in total. The summed E-state index contributed by atoms with van der Waals surface area (Å²) in [4.78, 5) is 0. The lowest BCUT2D eigenvalue weighted by Gasteiger charge is -2.41. The lowest BCUT2D eigenvalue weighted by atomic mass is 9.64. The first-order chi connectivity index (χ1) is 15.3. The minimum absolute atomic E-state index is 0.763. The molecular formula is C30H46O. The molecule has 3 aliphatic rings. The van der Waals surface area contributed by atoms with Gasteiger partial charge in [0.25, 0.3) is 0 Å². The molecule has 4 rings (SSSR count). The molecule has 0 aromatic heterocycles. The molecule has 0 bridgehead atoms. The van der Waals surface area contributed by atoms with E-state index in [1.54, 1.807) is 5.56 Å². The van der Waals surface area contributed by atoms with Crippen LogP contribution in [0.25, 0.3) is 0 Å². The molecule has 0 amide bonds. The molecule has 0 spiro atoms. The summed E-state index contributed by atoms with van der Waals surface area (Å²) in [5.74, 6) is 5.71. The van der Waals surface area contributed by atoms with Crippen LogP contribution < -0.4 is 0 Å². The summed E-state index contributed by atoms with van der Waals surface area (Å²) in [5, 5.41) is 0. The Balaban J connectivity index is 1.18. The van der Waals surface area contributed by atoms with Gasteiger partial charge < -0.3 is 4.74 Å². The monoisotopic (exact) mass is 422 g/mol. The highest BCUT2D eigenvalue weighted by molar-refractivity contribution is 5.25. The average Bonchev–Trinajstić information content (AvgIpc) is 2.85. The second-order valence-corrected chi connectivity index (χ2v) is 11.0. The van der Waals surface area contributed by atoms with E-state index in [9.17, 15) is 0 Å². The van der Waals surface area contributed by atoms with Crippen molar-refractivity contribution >= 4 is 0 Å². The van der Waals surface area contributed by atoms with Crippen molar-refractivity contribution < 1.29 is 4.74 Å². The van der Waals surface area contributed by atoms with Crippen LogP contribution in [0.5, 0.6) is 0 Å². The van der Waals surface area contributed by atoms with Crippen LogP contribution in [0.1, 0.15) is 107 Å². The molecule has 1 aromatic carbocycles. The fourth-order valence-corrected chi connectivity index (χ4v) is 7.08. The number of hydrogen-bond donors (Lipinski definition) is 0. The topological polar surface area (TPSA) is 9.23 Å². The summed E-state index contributed by atoms with van der Waals surface area (Å²) >= 11 is 0. The predicted octanol–water partition coefficient (Wildman–Crippen LogP) is 8.69. The number of ether oxygens (including phenoxy) is 1. The molecule has 1 heteroatoms. The standard InChI is InChI=1S/C30H46O/c1-3-21-31-22-24-7-11-26(12-8-24)28-15-19-30(20-16-28)29-17-13-27(14-18-29)25-9-5-23(4-2)6-10-25/h4,7-8,11-12,23,25,27-30H,2-3,5-6,9-10,13-22H2,1H3/t23-,25-,27-,28-,29-,30-. The third-order valence-corrected chi connectivity index (χ3v) is 9.14. The van der Waals surface area contributed by atoms with Crippen molar-refractivity contribution in [3.63, 3.8) is 0 Å². The maximum atomic E-state index is 5.69. The van der Waals surface area contributed by atoms with Gasteiger partial charge in [0, 0.05) is 6.61 Å². The molecule has 31 heavy (non-hydrogen) atoms. The number of hydrogen-bond acceptors (Lipinski definition) is 1. The lowest BCUT2D eigenvalue weighted by Crippen LogP contribution is -2.29. The van der Waals surface area contributed by atoms with Gasteiger partial charge in [-0.05, 0) is 130 Å². The fraction of sp³-hybridized carbons (Fsp3) is 0.733. The number of rotatable bonds is 8. The minimum atomic E-state index is 0.763. The highest BCUT2D eigenvalue weighted by Gasteiger charge is 2.34. The van der Waals surface area contributed by atoms with Crippen LogP contribution in [0.15, 0.2) is 36.9 Å². The second kappa shape index (κ2) is 11.7. The molecule has 0 unspecified atom stereocenters. The van der Waals surface area contributed by atoms with Gasteiger partial charge in [-0.1, -0.05) is 37.3 Å². The lowest BCUT2D eigenvalue weighted by molar-refractivity contribution is 0.114. The van der Waals surface area contributed by atoms with Gasteiger partial charge >= 0.3 is 0 Å². The maximum absolute atomic E-state index is 5.69. The molecule has 1 nitrogen and oxygen atoms in total. The Labute approximate surface area is 192 Å². The van der Waals surface area contributed by atoms with Gasteiger partial charge in [-0.2, -0.15) is 0 Å². The Morgan fingerprint density at radius 3 is 1.71 bits per heavy atom. The molecule has 3 fully saturated rings. The minimum Gasteiger partial charge on any atom is -0.377 e. The van der Waals surface area contributed by atoms with Crippen LogP contribution in [-0.2, 0) is 11.3 Å². The smallest absolute Gasteiger partial charge is 0.0716 e. The third kappa shape index (κ3) is 6.25. The van der Waals surface area contributed by atoms with Crippen LogP contribution >= 0.6 is 0 Å². The zero-order chi connectivity index (χ0) is 21.5. The van der Waals surface area contributed by atoms with Crippen molar-refractivity contribution in [2.45, 2.75) is 103 Å². The number of benzene rings is 1. The molecule has 0 saturated heterocycles. The van der Waals surface area contributed by atoms with Gasteiger partial charge in [-0.15, -0.1) is 6.58 Å². The first-order valence-electron chi connectivity index (χ1n) is 13.6. The van der Waals surface area contributed by atoms with Crippen LogP contribution in [0.4, 0.5) is 0 Å². The van der Waals surface area contributed by atoms with Crippen LogP contribution in [0.3, 0.4) is 0 Å². The fourth-order valence-electron chi connectivity index (χ4n) is 7.08. The van der Waals surface area contributed by atoms with E-state index in [0.717, 1.165) is 55.1 Å². The molecular weight excluding hydrogens is 376 g/mol. The van der Waals surface area contributed by atoms with E-state index in [1.165, 1.54) is 82.6 Å². The van der Waals surface area contributed by atoms with Crippen molar-refractivity contribution in [2.24, 2.45) is 29.6 Å². The zero-order valence-electron chi connectivity index (χ0n) is 20.1. The van der Waals surface area contributed by atoms with Crippen molar-refractivity contribution in [1.82, 2.24) is 0 Å². The van der Waals surface area contributed by atoms with E-state index >= 15 is 0 Å². The highest BCUT2D eigenvalue weighted by atomic mass is 16.5. The van der Waals surface area contributed by atoms with Gasteiger partial charge in [0.05, 0.1) is 6.61 Å². The Morgan fingerprint density at radius 2 is 1.23 bits per heavy atom. The van der Waals surface area contributed by atoms with E-state index in [1.807, 2.05) is 0 Å². The summed E-state index contributed by atoms with van der Waals surface area (Å²) in [6, 6.07) is 9.34. The van der Waals surface area contributed by atoms with Gasteiger partial charge in [0.1, 0.15) is 0 Å². The van der Waals surface area contributed by atoms with Crippen molar-refractivity contribution in [2.75, 3.05) is 6.61 Å². The van der Waals surface area contributed by atoms with Crippen LogP contribution in [0, 0.1) is 29.6 Å². The Bertz CT molecular complexity index is 637. The quantitative estimate of drug-likeness (QED) is 0.301. The third-order valence-electron chi connectivity index (χ3n) is 9.14. The van der Waals surface area contributed by atoms with E-state index in [4.69, 9.17) is 4.74 Å². The van der Waals surface area contributed by atoms with Crippen LogP contribution in [-0.4, -0.2) is 6.61 Å². The number of allylic oxidation sites excluding steroid dienone is 1. The second-order valence-electron chi connectivity index (χ2n) is 11.0. The first kappa shape index (κ1) is 23.1. The summed E-state index contributed by atoms with van der Waals surface area (Å²) in [7, 11) is 0. The average molecular weight is 423 g/mol. The molecule has 3 saturated carbocycles. The van der Waals surface area contributed by atoms with E-state index in [0.29, 0.717) is 0 Å². The highest BCUT2D eigenvalue weighted by Crippen LogP contribution is 2.47. The molecule has 1 aromatic rings. The van der Waals surface area contributed by atoms with Crippen molar-refractivity contribution in [3.05, 3.63) is 48.0 Å². The molecule has 0 radical (unpaired) electrons. The Hall–Kier alpha value is -1.08. The Morgan fingerprint density at radius 1 is 0.742 bits per heavy atom. The molecule has 0 heterocycles. The molecule has 0 atom stereocenters. The van der Waals surface area contributed by atoms with E-state index in [-0.39, 0.29) is 0 Å². The first-order valence-corrected chi connectivity index (χ1v) is 13.6. The molecule has 172 valence electrons. The van der Waals surface area contributed by atoms with Gasteiger partial charge in [0.2, 0.25) is 0 Å².